The maximum Gasteiger partial charge on any atom is 0.344 e. The molecule has 2 rings (SSSR count). The Balaban J connectivity index is 2.62. The van der Waals surface area contributed by atoms with Crippen LogP contribution in [0.3, 0.4) is 0 Å². The Kier molecular flexibility index (Phi) is 2.77. The molecule has 1 aliphatic rings. The predicted molar refractivity (Wildman–Crippen MR) is 103 cm³/mol. The SMILES string of the molecule is [2H]OC(C(=O)OC([2H])([2H])C#CCN(C([2H])([2H])C([2H])([2H])[2H])C([2H])([2H])C([2H])([2H])[2H])(c1c([2H])c([2H])c([2H])c([2H])c1[2H])C1CCCCC1. The first kappa shape index (κ1) is 6.96. The van der Waals surface area contributed by atoms with Gasteiger partial charge in [0.05, 0.1) is 16.1 Å². The van der Waals surface area contributed by atoms with Crippen LogP contribution >= 0.6 is 0 Å². The van der Waals surface area contributed by atoms with Gasteiger partial charge in [0.2, 0.25) is 1.43 Å². The molecule has 26 heavy (non-hydrogen) atoms. The molecular weight excluding hydrogens is 326 g/mol. The first-order valence-electron chi connectivity index (χ1n) is 16.9. The van der Waals surface area contributed by atoms with Crippen molar-refractivity contribution in [1.82, 2.24) is 4.90 Å². The van der Waals surface area contributed by atoms with Crippen LogP contribution < -0.4 is 0 Å². The van der Waals surface area contributed by atoms with Crippen molar-refractivity contribution in [2.45, 2.75) is 51.4 Å². The molecule has 142 valence electrons. The van der Waals surface area contributed by atoms with E-state index in [1.165, 1.54) is 0 Å². The molecule has 1 N–H and O–H groups in total. The van der Waals surface area contributed by atoms with Crippen molar-refractivity contribution in [3.63, 3.8) is 0 Å². The molecule has 0 aromatic heterocycles. The van der Waals surface area contributed by atoms with Gasteiger partial charge in [-0.3, -0.25) is 4.90 Å². The molecule has 0 spiro atoms. The molecule has 4 heteroatoms. The van der Waals surface area contributed by atoms with E-state index in [1.807, 2.05) is 5.92 Å². The van der Waals surface area contributed by atoms with E-state index in [1.54, 1.807) is 5.92 Å². The summed E-state index contributed by atoms with van der Waals surface area (Å²) < 4.78 is 146. The smallest absolute Gasteiger partial charge is 0.344 e. The molecule has 0 amide bonds. The predicted octanol–water partition coefficient (Wildman–Crippen LogP) is 3.34. The topological polar surface area (TPSA) is 49.8 Å². The minimum absolute atomic E-state index is 0.175. The second kappa shape index (κ2) is 10.4. The van der Waals surface area contributed by atoms with Crippen LogP contribution in [0.4, 0.5) is 0 Å². The van der Waals surface area contributed by atoms with E-state index in [2.05, 4.69) is 0 Å². The van der Waals surface area contributed by atoms with Crippen molar-refractivity contribution in [2.75, 3.05) is 26.1 Å². The molecule has 1 atom stereocenters. The van der Waals surface area contributed by atoms with Crippen LogP contribution in [0.15, 0.2) is 30.2 Å². The highest BCUT2D eigenvalue weighted by molar-refractivity contribution is 5.81. The average Bonchev–Trinajstić information content (AvgIpc) is 2.90. The highest BCUT2D eigenvalue weighted by Gasteiger charge is 2.46. The lowest BCUT2D eigenvalue weighted by atomic mass is 9.73. The number of aliphatic hydroxyl groups is 1. The van der Waals surface area contributed by atoms with Gasteiger partial charge in [0.15, 0.2) is 12.2 Å². The van der Waals surface area contributed by atoms with E-state index < -0.39 is 93.1 Å². The maximum atomic E-state index is 13.7. The molecule has 1 aliphatic carbocycles. The third-order valence-corrected chi connectivity index (χ3v) is 4.14. The lowest BCUT2D eigenvalue weighted by Gasteiger charge is -2.36. The summed E-state index contributed by atoms with van der Waals surface area (Å²) in [6.07, 6.45) is 2.07. The summed E-state index contributed by atoms with van der Waals surface area (Å²) >= 11 is 0. The monoisotopic (exact) mass is 375 g/mol. The van der Waals surface area contributed by atoms with Gasteiger partial charge in [-0.15, -0.1) is 0 Å². The lowest BCUT2D eigenvalue weighted by Crippen LogP contribution is -2.45. The Labute approximate surface area is 182 Å². The molecule has 1 aromatic rings. The van der Waals surface area contributed by atoms with E-state index in [9.17, 15) is 4.79 Å². The number of ether oxygens (including phenoxy) is 1. The van der Waals surface area contributed by atoms with E-state index in [0.29, 0.717) is 12.8 Å². The van der Waals surface area contributed by atoms with Crippen molar-refractivity contribution in [3.05, 3.63) is 35.8 Å². The summed E-state index contributed by atoms with van der Waals surface area (Å²) in [4.78, 5) is 13.5. The summed E-state index contributed by atoms with van der Waals surface area (Å²) in [6.45, 7) is -19.0. The molecule has 1 fully saturated rings. The molecule has 0 aliphatic heterocycles. The number of hydrogen-bond acceptors (Lipinski definition) is 4. The zero-order valence-electron chi connectivity index (χ0n) is 32.0. The Morgan fingerprint density at radius 1 is 1.35 bits per heavy atom. The van der Waals surface area contributed by atoms with Crippen molar-refractivity contribution in [3.8, 4) is 11.8 Å². The van der Waals surface area contributed by atoms with Crippen LogP contribution in [0.2, 0.25) is 0 Å². The molecule has 0 saturated heterocycles. The van der Waals surface area contributed by atoms with E-state index >= 15 is 0 Å². The lowest BCUT2D eigenvalue weighted by molar-refractivity contribution is -0.174. The minimum Gasteiger partial charge on any atom is -0.450 e. The number of carbonyl (C=O) groups is 1. The molecule has 1 saturated carbocycles. The number of nitrogens with zero attached hydrogens (tertiary/aromatic N) is 1. The van der Waals surface area contributed by atoms with Crippen LogP contribution in [0.1, 0.15) is 74.7 Å². The highest BCUT2D eigenvalue weighted by atomic mass is 16.5. The normalized spacial score (nSPS) is 29.9. The largest absolute Gasteiger partial charge is 0.450 e. The first-order valence-corrected chi connectivity index (χ1v) is 8.04. The van der Waals surface area contributed by atoms with Gasteiger partial charge in [-0.1, -0.05) is 75.0 Å². The van der Waals surface area contributed by atoms with Gasteiger partial charge in [0.1, 0.15) is 0 Å². The third kappa shape index (κ3) is 5.09. The molecule has 1 aromatic carbocycles. The molecule has 1 unspecified atom stereocenters. The quantitative estimate of drug-likeness (QED) is 0.559. The van der Waals surface area contributed by atoms with Gasteiger partial charge < -0.3 is 9.85 Å². The summed E-state index contributed by atoms with van der Waals surface area (Å²) in [7, 11) is 0. The molecule has 4 nitrogen and oxygen atoms in total. The summed E-state index contributed by atoms with van der Waals surface area (Å²) in [5.41, 5.74) is -3.46. The fourth-order valence-electron chi connectivity index (χ4n) is 2.83. The van der Waals surface area contributed by atoms with Crippen molar-refractivity contribution in [1.29, 1.82) is 1.43 Å². The Morgan fingerprint density at radius 2 is 2.08 bits per heavy atom. The van der Waals surface area contributed by atoms with Gasteiger partial charge in [0, 0.05) is 19.6 Å². The zero-order valence-corrected chi connectivity index (χ0v) is 14.0. The molecule has 0 heterocycles. The van der Waals surface area contributed by atoms with Crippen molar-refractivity contribution < 1.29 is 37.9 Å². The van der Waals surface area contributed by atoms with Gasteiger partial charge in [-0.2, -0.15) is 0 Å². The molecule has 0 bridgehead atoms. The summed E-state index contributed by atoms with van der Waals surface area (Å²) in [5, 5.41) is 4.85. The van der Waals surface area contributed by atoms with Crippen LogP contribution in [-0.2, 0) is 15.1 Å². The zero-order chi connectivity index (χ0) is 34.3. The molecule has 0 radical (unpaired) electrons. The van der Waals surface area contributed by atoms with Gasteiger partial charge in [-0.05, 0) is 31.4 Å². The Bertz CT molecular complexity index is 1240. The fraction of sp³-hybridized carbons (Fsp3) is 0.591. The van der Waals surface area contributed by atoms with E-state index in [4.69, 9.17) is 34.6 Å². The van der Waals surface area contributed by atoms with Gasteiger partial charge in [-0.25, -0.2) is 4.79 Å². The summed E-state index contributed by atoms with van der Waals surface area (Å²) in [5.74, 6) is 1.01. The Hall–Kier alpha value is -1.83. The Morgan fingerprint density at radius 3 is 2.73 bits per heavy atom. The maximum absolute atomic E-state index is 13.7. The number of rotatable bonds is 8. The average molecular weight is 376 g/mol. The van der Waals surface area contributed by atoms with E-state index in [-0.39, 0.29) is 17.7 Å². The number of esters is 1. The van der Waals surface area contributed by atoms with Crippen LogP contribution in [0.25, 0.3) is 0 Å². The summed E-state index contributed by atoms with van der Waals surface area (Å²) in [6, 6.07) is -4.25. The second-order valence-electron chi connectivity index (χ2n) is 5.67. The molecular formula is C22H31NO3. The fourth-order valence-corrected chi connectivity index (χ4v) is 2.83. The van der Waals surface area contributed by atoms with Crippen LogP contribution in [0, 0.1) is 17.8 Å². The van der Waals surface area contributed by atoms with Crippen molar-refractivity contribution >= 4 is 5.97 Å². The number of hydrogen-bond donors (Lipinski definition) is 1. The van der Waals surface area contributed by atoms with E-state index in [0.717, 1.165) is 6.42 Å². The third-order valence-electron chi connectivity index (χ3n) is 4.14. The first-order chi connectivity index (χ1) is 19.8. The minimum atomic E-state index is -3.61. The van der Waals surface area contributed by atoms with Crippen LogP contribution in [0.5, 0.6) is 0 Å². The second-order valence-corrected chi connectivity index (χ2v) is 5.67. The highest BCUT2D eigenvalue weighted by Crippen LogP contribution is 2.40. The number of carbonyl (C=O) groups excluding carboxylic acids is 1. The van der Waals surface area contributed by atoms with Crippen LogP contribution in [-0.4, -0.2) is 43.5 Å². The van der Waals surface area contributed by atoms with Gasteiger partial charge in [0.25, 0.3) is 0 Å². The standard InChI is InChI=1S/C22H31NO3/c1-3-23(4-2)17-11-12-18-26-21(24)22(25,19-13-7-5-8-14-19)20-15-9-6-10-16-20/h5,7-8,13-14,20,25H,3-4,6,9-10,15-18H2,1-2H3/i1D3,2D3,3D2,4D2,5D,7D,8D,13D,14D,18D2,25D. The number of benzene rings is 1. The van der Waals surface area contributed by atoms with Gasteiger partial charge >= 0.3 is 5.97 Å². The van der Waals surface area contributed by atoms with Crippen molar-refractivity contribution in [2.24, 2.45) is 5.92 Å².